The summed E-state index contributed by atoms with van der Waals surface area (Å²) in [5.74, 6) is -1.54. The molecule has 2 N–H and O–H groups in total. The van der Waals surface area contributed by atoms with Gasteiger partial charge in [-0.05, 0) is 26.0 Å². The SMILES string of the molecule is CC(C)OC(=O)c1c(F)ccc(Cl)c1N. The summed E-state index contributed by atoms with van der Waals surface area (Å²) in [5.41, 5.74) is 5.08. The fourth-order valence-corrected chi connectivity index (χ4v) is 1.21. The highest BCUT2D eigenvalue weighted by Gasteiger charge is 2.19. The molecule has 0 unspecified atom stereocenters. The Bertz CT molecular complexity index is 393. The summed E-state index contributed by atoms with van der Waals surface area (Å²) in [5, 5.41) is 0.132. The van der Waals surface area contributed by atoms with E-state index in [2.05, 4.69) is 0 Å². The number of nitrogens with two attached hydrogens (primary N) is 1. The fraction of sp³-hybridized carbons (Fsp3) is 0.300. The monoisotopic (exact) mass is 231 g/mol. The largest absolute Gasteiger partial charge is 0.459 e. The number of hydrogen-bond donors (Lipinski definition) is 1. The van der Waals surface area contributed by atoms with Crippen molar-refractivity contribution in [1.29, 1.82) is 0 Å². The average molecular weight is 232 g/mol. The van der Waals surface area contributed by atoms with Crippen LogP contribution in [0.4, 0.5) is 10.1 Å². The van der Waals surface area contributed by atoms with Gasteiger partial charge in [-0.1, -0.05) is 11.6 Å². The lowest BCUT2D eigenvalue weighted by atomic mass is 10.1. The number of carbonyl (C=O) groups is 1. The third kappa shape index (κ3) is 2.59. The quantitative estimate of drug-likeness (QED) is 0.629. The standard InChI is InChI=1S/C10H11ClFNO2/c1-5(2)15-10(14)8-7(12)4-3-6(11)9(8)13/h3-5H,13H2,1-2H3. The third-order valence-corrected chi connectivity index (χ3v) is 2.02. The summed E-state index contributed by atoms with van der Waals surface area (Å²) in [6, 6.07) is 2.37. The topological polar surface area (TPSA) is 52.3 Å². The number of nitrogen functional groups attached to an aromatic ring is 1. The van der Waals surface area contributed by atoms with Gasteiger partial charge in [-0.2, -0.15) is 0 Å². The second-order valence-corrected chi connectivity index (χ2v) is 3.68. The van der Waals surface area contributed by atoms with Crippen LogP contribution in [-0.4, -0.2) is 12.1 Å². The molecule has 0 fully saturated rings. The van der Waals surface area contributed by atoms with Gasteiger partial charge in [0.15, 0.2) is 0 Å². The van der Waals surface area contributed by atoms with Crippen LogP contribution in [-0.2, 0) is 4.74 Å². The van der Waals surface area contributed by atoms with Gasteiger partial charge in [0.2, 0.25) is 0 Å². The number of esters is 1. The van der Waals surface area contributed by atoms with E-state index in [-0.39, 0.29) is 22.4 Å². The minimum Gasteiger partial charge on any atom is -0.459 e. The molecule has 82 valence electrons. The molecule has 1 aromatic carbocycles. The van der Waals surface area contributed by atoms with Gasteiger partial charge in [0.25, 0.3) is 0 Å². The van der Waals surface area contributed by atoms with Crippen LogP contribution in [0.2, 0.25) is 5.02 Å². The van der Waals surface area contributed by atoms with Gasteiger partial charge in [-0.15, -0.1) is 0 Å². The number of benzene rings is 1. The van der Waals surface area contributed by atoms with Crippen LogP contribution < -0.4 is 5.73 Å². The molecule has 0 saturated heterocycles. The van der Waals surface area contributed by atoms with Gasteiger partial charge in [0.1, 0.15) is 11.4 Å². The van der Waals surface area contributed by atoms with Crippen molar-refractivity contribution < 1.29 is 13.9 Å². The Labute approximate surface area is 92.0 Å². The molecule has 3 nitrogen and oxygen atoms in total. The lowest BCUT2D eigenvalue weighted by Crippen LogP contribution is -2.15. The van der Waals surface area contributed by atoms with Crippen molar-refractivity contribution in [2.45, 2.75) is 20.0 Å². The highest BCUT2D eigenvalue weighted by Crippen LogP contribution is 2.26. The number of ether oxygens (including phenoxy) is 1. The number of hydrogen-bond acceptors (Lipinski definition) is 3. The van der Waals surface area contributed by atoms with Crippen molar-refractivity contribution >= 4 is 23.3 Å². The molecule has 0 spiro atoms. The molecule has 0 aliphatic carbocycles. The first-order valence-electron chi connectivity index (χ1n) is 4.38. The Balaban J connectivity index is 3.13. The molecular formula is C10H11ClFNO2. The smallest absolute Gasteiger partial charge is 0.343 e. The van der Waals surface area contributed by atoms with E-state index in [4.69, 9.17) is 22.1 Å². The van der Waals surface area contributed by atoms with E-state index in [0.717, 1.165) is 6.07 Å². The first kappa shape index (κ1) is 11.8. The number of halogens is 2. The molecule has 0 aliphatic heterocycles. The molecular weight excluding hydrogens is 221 g/mol. The molecule has 0 bridgehead atoms. The van der Waals surface area contributed by atoms with Crippen LogP contribution in [0.15, 0.2) is 12.1 Å². The molecule has 0 amide bonds. The lowest BCUT2D eigenvalue weighted by Gasteiger charge is -2.11. The third-order valence-electron chi connectivity index (χ3n) is 1.69. The predicted molar refractivity (Wildman–Crippen MR) is 56.4 cm³/mol. The fourth-order valence-electron chi connectivity index (χ4n) is 1.05. The molecule has 1 aromatic rings. The molecule has 5 heteroatoms. The number of anilines is 1. The average Bonchev–Trinajstić information content (AvgIpc) is 2.11. The van der Waals surface area contributed by atoms with Crippen molar-refractivity contribution in [1.82, 2.24) is 0 Å². The van der Waals surface area contributed by atoms with Crippen molar-refractivity contribution in [2.75, 3.05) is 5.73 Å². The molecule has 0 aromatic heterocycles. The van der Waals surface area contributed by atoms with E-state index >= 15 is 0 Å². The lowest BCUT2D eigenvalue weighted by molar-refractivity contribution is 0.0374. The molecule has 0 heterocycles. The second kappa shape index (κ2) is 4.49. The van der Waals surface area contributed by atoms with Crippen LogP contribution in [0, 0.1) is 5.82 Å². The zero-order valence-electron chi connectivity index (χ0n) is 8.38. The maximum Gasteiger partial charge on any atom is 0.343 e. The minimum absolute atomic E-state index is 0.0951. The van der Waals surface area contributed by atoms with Crippen LogP contribution in [0.3, 0.4) is 0 Å². The molecule has 1 rings (SSSR count). The summed E-state index contributed by atoms with van der Waals surface area (Å²) in [4.78, 5) is 11.4. The van der Waals surface area contributed by atoms with E-state index in [9.17, 15) is 9.18 Å². The highest BCUT2D eigenvalue weighted by atomic mass is 35.5. The molecule has 0 saturated carbocycles. The first-order chi connectivity index (χ1) is 6.93. The van der Waals surface area contributed by atoms with Crippen molar-refractivity contribution in [2.24, 2.45) is 0 Å². The van der Waals surface area contributed by atoms with Gasteiger partial charge in [0, 0.05) is 0 Å². The zero-order chi connectivity index (χ0) is 11.6. The van der Waals surface area contributed by atoms with E-state index in [0.29, 0.717) is 0 Å². The summed E-state index contributed by atoms with van der Waals surface area (Å²) in [6.07, 6.45) is -0.338. The van der Waals surface area contributed by atoms with E-state index in [1.165, 1.54) is 6.07 Å². The van der Waals surface area contributed by atoms with Crippen LogP contribution in [0.1, 0.15) is 24.2 Å². The van der Waals surface area contributed by atoms with Gasteiger partial charge >= 0.3 is 5.97 Å². The van der Waals surface area contributed by atoms with E-state index in [1.807, 2.05) is 0 Å². The minimum atomic E-state index is -0.803. The predicted octanol–water partition coefficient (Wildman–Crippen LogP) is 2.63. The maximum absolute atomic E-state index is 13.3. The summed E-state index contributed by atoms with van der Waals surface area (Å²) >= 11 is 5.67. The summed E-state index contributed by atoms with van der Waals surface area (Å²) in [7, 11) is 0. The molecule has 15 heavy (non-hydrogen) atoms. The number of carbonyl (C=O) groups excluding carboxylic acids is 1. The molecule has 0 atom stereocenters. The Morgan fingerprint density at radius 3 is 2.67 bits per heavy atom. The van der Waals surface area contributed by atoms with Gasteiger partial charge < -0.3 is 10.5 Å². The van der Waals surface area contributed by atoms with E-state index < -0.39 is 11.8 Å². The first-order valence-corrected chi connectivity index (χ1v) is 4.75. The van der Waals surface area contributed by atoms with Crippen LogP contribution >= 0.6 is 11.6 Å². The van der Waals surface area contributed by atoms with Crippen LogP contribution in [0.25, 0.3) is 0 Å². The molecule has 0 radical (unpaired) electrons. The number of rotatable bonds is 2. The highest BCUT2D eigenvalue weighted by molar-refractivity contribution is 6.33. The van der Waals surface area contributed by atoms with Crippen molar-refractivity contribution in [3.63, 3.8) is 0 Å². The van der Waals surface area contributed by atoms with Crippen LogP contribution in [0.5, 0.6) is 0 Å². The Hall–Kier alpha value is -1.29. The molecule has 0 aliphatic rings. The van der Waals surface area contributed by atoms with Crippen molar-refractivity contribution in [3.05, 3.63) is 28.5 Å². The van der Waals surface area contributed by atoms with Gasteiger partial charge in [-0.3, -0.25) is 0 Å². The summed E-state index contributed by atoms with van der Waals surface area (Å²) < 4.78 is 18.1. The van der Waals surface area contributed by atoms with E-state index in [1.54, 1.807) is 13.8 Å². The van der Waals surface area contributed by atoms with Gasteiger partial charge in [0.05, 0.1) is 16.8 Å². The van der Waals surface area contributed by atoms with Gasteiger partial charge in [-0.25, -0.2) is 9.18 Å². The summed E-state index contributed by atoms with van der Waals surface area (Å²) in [6.45, 7) is 3.33. The maximum atomic E-state index is 13.3. The van der Waals surface area contributed by atoms with Crippen molar-refractivity contribution in [3.8, 4) is 0 Å². The Morgan fingerprint density at radius 1 is 1.53 bits per heavy atom. The normalized spacial score (nSPS) is 10.5. The Morgan fingerprint density at radius 2 is 2.13 bits per heavy atom. The Kier molecular flexibility index (Phi) is 3.52. The zero-order valence-corrected chi connectivity index (χ0v) is 9.14. The second-order valence-electron chi connectivity index (χ2n) is 3.27.